The van der Waals surface area contributed by atoms with E-state index in [0.29, 0.717) is 0 Å². The lowest BCUT2D eigenvalue weighted by molar-refractivity contribution is 0.0691. The lowest BCUT2D eigenvalue weighted by Crippen LogP contribution is -2.15. The van der Waals surface area contributed by atoms with Crippen LogP contribution in [0.25, 0.3) is 10.9 Å². The third-order valence-corrected chi connectivity index (χ3v) is 3.21. The number of hydrogen-bond acceptors (Lipinski definition) is 2. The topological polar surface area (TPSA) is 59.3 Å². The highest BCUT2D eigenvalue weighted by Crippen LogP contribution is 2.18. The number of aromatic carboxylic acids is 1. The standard InChI is InChI=1S/C16H11NO3/c18-15(12-6-2-3-7-13(12)16(19)20)17-10-9-11-5-1-4-8-14(11)17/h1-10H,(H,19,20). The van der Waals surface area contributed by atoms with Gasteiger partial charge in [-0.2, -0.15) is 0 Å². The molecule has 2 aromatic carbocycles. The summed E-state index contributed by atoms with van der Waals surface area (Å²) in [6.07, 6.45) is 1.66. The van der Waals surface area contributed by atoms with E-state index in [-0.39, 0.29) is 17.0 Å². The molecule has 0 unspecified atom stereocenters. The molecule has 1 heterocycles. The summed E-state index contributed by atoms with van der Waals surface area (Å²) >= 11 is 0. The minimum Gasteiger partial charge on any atom is -0.478 e. The minimum absolute atomic E-state index is 0.00952. The Balaban J connectivity index is 2.16. The van der Waals surface area contributed by atoms with E-state index in [4.69, 9.17) is 5.11 Å². The van der Waals surface area contributed by atoms with Crippen molar-refractivity contribution in [2.24, 2.45) is 0 Å². The molecular weight excluding hydrogens is 254 g/mol. The summed E-state index contributed by atoms with van der Waals surface area (Å²) < 4.78 is 1.47. The molecule has 0 aliphatic carbocycles. The molecular formula is C16H11NO3. The molecule has 3 rings (SSSR count). The van der Waals surface area contributed by atoms with Crippen molar-refractivity contribution in [2.75, 3.05) is 0 Å². The fourth-order valence-electron chi connectivity index (χ4n) is 2.25. The third kappa shape index (κ3) is 1.87. The Morgan fingerprint density at radius 3 is 2.25 bits per heavy atom. The van der Waals surface area contributed by atoms with Crippen LogP contribution in [0.15, 0.2) is 60.8 Å². The van der Waals surface area contributed by atoms with Gasteiger partial charge in [-0.15, -0.1) is 0 Å². The average molecular weight is 265 g/mol. The second kappa shape index (κ2) is 4.66. The van der Waals surface area contributed by atoms with Crippen LogP contribution >= 0.6 is 0 Å². The summed E-state index contributed by atoms with van der Waals surface area (Å²) in [5, 5.41) is 10.1. The maximum absolute atomic E-state index is 12.5. The van der Waals surface area contributed by atoms with Crippen LogP contribution < -0.4 is 0 Å². The van der Waals surface area contributed by atoms with E-state index >= 15 is 0 Å². The number of rotatable bonds is 2. The van der Waals surface area contributed by atoms with E-state index in [0.717, 1.165) is 10.9 Å². The first kappa shape index (κ1) is 12.2. The van der Waals surface area contributed by atoms with Gasteiger partial charge in [0, 0.05) is 11.6 Å². The van der Waals surface area contributed by atoms with Crippen molar-refractivity contribution in [3.05, 3.63) is 71.9 Å². The van der Waals surface area contributed by atoms with Crippen molar-refractivity contribution in [2.45, 2.75) is 0 Å². The number of carboxylic acid groups (broad SMARTS) is 1. The van der Waals surface area contributed by atoms with Crippen LogP contribution in [0.1, 0.15) is 20.7 Å². The quantitative estimate of drug-likeness (QED) is 0.774. The lowest BCUT2D eigenvalue weighted by Gasteiger charge is -2.07. The molecule has 0 bridgehead atoms. The summed E-state index contributed by atoms with van der Waals surface area (Å²) in [5.41, 5.74) is 0.953. The van der Waals surface area contributed by atoms with Gasteiger partial charge in [0.2, 0.25) is 0 Å². The highest BCUT2D eigenvalue weighted by molar-refractivity contribution is 6.08. The van der Waals surface area contributed by atoms with Gasteiger partial charge in [0.05, 0.1) is 16.6 Å². The second-order valence-corrected chi connectivity index (χ2v) is 4.40. The van der Waals surface area contributed by atoms with E-state index in [1.807, 2.05) is 30.3 Å². The van der Waals surface area contributed by atoms with Gasteiger partial charge >= 0.3 is 5.97 Å². The fraction of sp³-hybridized carbons (Fsp3) is 0. The molecule has 0 atom stereocenters. The van der Waals surface area contributed by atoms with Gasteiger partial charge in [-0.3, -0.25) is 9.36 Å². The Morgan fingerprint density at radius 2 is 1.50 bits per heavy atom. The first-order valence-electron chi connectivity index (χ1n) is 6.11. The normalized spacial score (nSPS) is 10.6. The number of fused-ring (bicyclic) bond motifs is 1. The number of carbonyl (C=O) groups is 2. The van der Waals surface area contributed by atoms with Crippen molar-refractivity contribution in [1.82, 2.24) is 4.57 Å². The molecule has 20 heavy (non-hydrogen) atoms. The van der Waals surface area contributed by atoms with Gasteiger partial charge in [0.25, 0.3) is 5.91 Å². The van der Waals surface area contributed by atoms with Crippen molar-refractivity contribution >= 4 is 22.8 Å². The Hall–Kier alpha value is -2.88. The molecule has 3 aromatic rings. The van der Waals surface area contributed by atoms with E-state index in [1.54, 1.807) is 18.3 Å². The van der Waals surface area contributed by atoms with Crippen LogP contribution in [-0.2, 0) is 0 Å². The van der Waals surface area contributed by atoms with E-state index in [9.17, 15) is 9.59 Å². The molecule has 4 nitrogen and oxygen atoms in total. The fourth-order valence-corrected chi connectivity index (χ4v) is 2.25. The SMILES string of the molecule is O=C(O)c1ccccc1C(=O)n1ccc2ccccc21. The molecule has 0 aliphatic rings. The average Bonchev–Trinajstić information content (AvgIpc) is 2.90. The summed E-state index contributed by atoms with van der Waals surface area (Å²) in [5.74, 6) is -1.45. The minimum atomic E-state index is -1.11. The van der Waals surface area contributed by atoms with E-state index < -0.39 is 5.97 Å². The Labute approximate surface area is 114 Å². The van der Waals surface area contributed by atoms with Gasteiger partial charge in [0.15, 0.2) is 0 Å². The molecule has 1 N–H and O–H groups in total. The van der Waals surface area contributed by atoms with Gasteiger partial charge in [-0.05, 0) is 24.3 Å². The van der Waals surface area contributed by atoms with Gasteiger partial charge in [-0.25, -0.2) is 4.79 Å². The largest absolute Gasteiger partial charge is 0.478 e. The van der Waals surface area contributed by atoms with Crippen molar-refractivity contribution in [1.29, 1.82) is 0 Å². The second-order valence-electron chi connectivity index (χ2n) is 4.40. The first-order valence-corrected chi connectivity index (χ1v) is 6.11. The first-order chi connectivity index (χ1) is 9.68. The molecule has 98 valence electrons. The lowest BCUT2D eigenvalue weighted by atomic mass is 10.1. The maximum atomic E-state index is 12.5. The molecule has 4 heteroatoms. The van der Waals surface area contributed by atoms with Gasteiger partial charge in [-0.1, -0.05) is 30.3 Å². The van der Waals surface area contributed by atoms with Crippen molar-refractivity contribution < 1.29 is 14.7 Å². The smallest absolute Gasteiger partial charge is 0.336 e. The number of nitrogens with zero attached hydrogens (tertiary/aromatic N) is 1. The van der Waals surface area contributed by atoms with Crippen LogP contribution in [0.3, 0.4) is 0 Å². The van der Waals surface area contributed by atoms with Gasteiger partial charge in [0.1, 0.15) is 0 Å². The van der Waals surface area contributed by atoms with Crippen LogP contribution in [0, 0.1) is 0 Å². The maximum Gasteiger partial charge on any atom is 0.336 e. The summed E-state index contributed by atoms with van der Waals surface area (Å²) in [6.45, 7) is 0. The van der Waals surface area contributed by atoms with E-state index in [1.165, 1.54) is 16.7 Å². The number of para-hydroxylation sites is 1. The molecule has 0 aliphatic heterocycles. The van der Waals surface area contributed by atoms with Crippen LogP contribution in [0.2, 0.25) is 0 Å². The van der Waals surface area contributed by atoms with Crippen LogP contribution in [0.4, 0.5) is 0 Å². The molecule has 0 saturated carbocycles. The Bertz CT molecular complexity index is 817. The zero-order chi connectivity index (χ0) is 14.1. The van der Waals surface area contributed by atoms with Crippen molar-refractivity contribution in [3.63, 3.8) is 0 Å². The number of aromatic nitrogens is 1. The molecule has 0 amide bonds. The molecule has 0 saturated heterocycles. The highest BCUT2D eigenvalue weighted by Gasteiger charge is 2.18. The van der Waals surface area contributed by atoms with E-state index in [2.05, 4.69) is 0 Å². The van der Waals surface area contributed by atoms with Gasteiger partial charge < -0.3 is 5.11 Å². The molecule has 0 radical (unpaired) electrons. The molecule has 0 spiro atoms. The monoisotopic (exact) mass is 265 g/mol. The number of hydrogen-bond donors (Lipinski definition) is 1. The van der Waals surface area contributed by atoms with Crippen LogP contribution in [0.5, 0.6) is 0 Å². The summed E-state index contributed by atoms with van der Waals surface area (Å²) in [4.78, 5) is 23.7. The number of benzene rings is 2. The zero-order valence-corrected chi connectivity index (χ0v) is 10.5. The number of carbonyl (C=O) groups excluding carboxylic acids is 1. The highest BCUT2D eigenvalue weighted by atomic mass is 16.4. The summed E-state index contributed by atoms with van der Waals surface area (Å²) in [6, 6.07) is 15.5. The predicted octanol–water partition coefficient (Wildman–Crippen LogP) is 3.03. The molecule has 0 fully saturated rings. The Kier molecular flexibility index (Phi) is 2.84. The van der Waals surface area contributed by atoms with Crippen LogP contribution in [-0.4, -0.2) is 21.6 Å². The number of carboxylic acids is 1. The molecule has 1 aromatic heterocycles. The predicted molar refractivity (Wildman–Crippen MR) is 75.1 cm³/mol. The van der Waals surface area contributed by atoms with Crippen molar-refractivity contribution in [3.8, 4) is 0 Å². The zero-order valence-electron chi connectivity index (χ0n) is 10.5. The Morgan fingerprint density at radius 1 is 0.850 bits per heavy atom. The third-order valence-electron chi connectivity index (χ3n) is 3.21. The summed E-state index contributed by atoms with van der Waals surface area (Å²) in [7, 11) is 0.